The molecule has 0 radical (unpaired) electrons. The second-order valence-corrected chi connectivity index (χ2v) is 5.22. The lowest BCUT2D eigenvalue weighted by Crippen LogP contribution is -2.38. The Morgan fingerprint density at radius 3 is 2.90 bits per heavy atom. The topological polar surface area (TPSA) is 40.6 Å². The lowest BCUT2D eigenvalue weighted by molar-refractivity contribution is 0.0165. The Balaban J connectivity index is 1.76. The maximum Gasteiger partial charge on any atom is 0.138 e. The van der Waals surface area contributed by atoms with Crippen LogP contribution >= 0.6 is 22.7 Å². The highest BCUT2D eigenvalue weighted by atomic mass is 33.1. The number of hydrogen-bond donors (Lipinski definition) is 1. The molecule has 1 fully saturated rings. The smallest absolute Gasteiger partial charge is 0.138 e. The number of thiol groups is 1. The number of pyridine rings is 1. The third-order valence-corrected chi connectivity index (χ3v) is 3.53. The zero-order valence-corrected chi connectivity index (χ0v) is 13.0. The van der Waals surface area contributed by atoms with Crippen LogP contribution in [0.3, 0.4) is 0 Å². The summed E-state index contributed by atoms with van der Waals surface area (Å²) < 4.78 is 16.0. The summed E-state index contributed by atoms with van der Waals surface area (Å²) in [5.41, 5.74) is 0.745. The molecule has 2 rings (SSSR count). The van der Waals surface area contributed by atoms with Gasteiger partial charge in [0.25, 0.3) is 0 Å². The van der Waals surface area contributed by atoms with Gasteiger partial charge in [0.1, 0.15) is 17.5 Å². The third kappa shape index (κ3) is 4.91. The van der Waals surface area contributed by atoms with E-state index >= 15 is 0 Å². The van der Waals surface area contributed by atoms with E-state index in [0.717, 1.165) is 35.4 Å². The second-order valence-electron chi connectivity index (χ2n) is 4.43. The summed E-state index contributed by atoms with van der Waals surface area (Å²) in [5.74, 6) is 6.76. The predicted molar refractivity (Wildman–Crippen MR) is 82.7 cm³/mol. The van der Waals surface area contributed by atoms with E-state index in [1.165, 1.54) is 0 Å². The zero-order valence-electron chi connectivity index (χ0n) is 11.2. The molecule has 1 aliphatic rings. The average Bonchev–Trinajstić information content (AvgIpc) is 2.43. The molecule has 1 heterocycles. The van der Waals surface area contributed by atoms with Crippen LogP contribution in [0.15, 0.2) is 18.3 Å². The molecule has 0 bridgehead atoms. The second kappa shape index (κ2) is 8.42. The van der Waals surface area contributed by atoms with Crippen molar-refractivity contribution in [1.29, 1.82) is 0 Å². The van der Waals surface area contributed by atoms with Crippen LogP contribution in [0.1, 0.15) is 25.0 Å². The van der Waals surface area contributed by atoms with Gasteiger partial charge in [-0.2, -0.15) is 0 Å². The number of nitrogens with zero attached hydrogens (tertiary/aromatic N) is 1. The van der Waals surface area contributed by atoms with E-state index in [4.69, 9.17) is 13.7 Å². The maximum absolute atomic E-state index is 5.78. The van der Waals surface area contributed by atoms with Gasteiger partial charge in [0.05, 0.1) is 30.0 Å². The van der Waals surface area contributed by atoms with Gasteiger partial charge in [0.15, 0.2) is 0 Å². The largest absolute Gasteiger partial charge is 0.489 e. The molecule has 0 aromatic carbocycles. The lowest BCUT2D eigenvalue weighted by atomic mass is 9.92. The molecule has 1 aromatic rings. The van der Waals surface area contributed by atoms with Crippen LogP contribution in [0.4, 0.5) is 0 Å². The van der Waals surface area contributed by atoms with Gasteiger partial charge in [-0.15, -0.1) is 0 Å². The molecule has 20 heavy (non-hydrogen) atoms. The molecule has 108 valence electrons. The van der Waals surface area contributed by atoms with E-state index in [1.807, 2.05) is 12.1 Å². The van der Waals surface area contributed by atoms with Crippen molar-refractivity contribution in [2.24, 2.45) is 0 Å². The van der Waals surface area contributed by atoms with Gasteiger partial charge in [-0.05, 0) is 18.1 Å². The SMILES string of the molecule is COCCC#Cc1ccc(OC2CC(OSS)C2)cn1. The summed E-state index contributed by atoms with van der Waals surface area (Å²) in [6, 6.07) is 3.76. The fraction of sp³-hybridized carbons (Fsp3) is 0.500. The molecule has 6 heteroatoms. The van der Waals surface area contributed by atoms with Crippen molar-refractivity contribution in [1.82, 2.24) is 4.98 Å². The van der Waals surface area contributed by atoms with Gasteiger partial charge >= 0.3 is 0 Å². The Morgan fingerprint density at radius 1 is 1.40 bits per heavy atom. The monoisotopic (exact) mass is 311 g/mol. The van der Waals surface area contributed by atoms with E-state index < -0.39 is 0 Å². The van der Waals surface area contributed by atoms with E-state index in [1.54, 1.807) is 13.3 Å². The first-order chi connectivity index (χ1) is 9.81. The molecule has 0 atom stereocenters. The number of methoxy groups -OCH3 is 1. The summed E-state index contributed by atoms with van der Waals surface area (Å²) in [6.45, 7) is 0.643. The molecule has 0 saturated heterocycles. The summed E-state index contributed by atoms with van der Waals surface area (Å²) in [6.07, 6.45) is 4.67. The minimum Gasteiger partial charge on any atom is -0.489 e. The van der Waals surface area contributed by atoms with E-state index in [9.17, 15) is 0 Å². The van der Waals surface area contributed by atoms with Crippen molar-refractivity contribution in [2.45, 2.75) is 31.5 Å². The van der Waals surface area contributed by atoms with Crippen LogP contribution in [-0.4, -0.2) is 30.9 Å². The van der Waals surface area contributed by atoms with Crippen molar-refractivity contribution < 1.29 is 13.7 Å². The lowest BCUT2D eigenvalue weighted by Gasteiger charge is -2.33. The molecule has 1 aliphatic carbocycles. The molecular weight excluding hydrogens is 294 g/mol. The Bertz CT molecular complexity index is 464. The molecule has 0 aliphatic heterocycles. The third-order valence-electron chi connectivity index (χ3n) is 2.92. The Hall–Kier alpha value is -0.870. The van der Waals surface area contributed by atoms with Gasteiger partial charge in [-0.3, -0.25) is 0 Å². The fourth-order valence-corrected chi connectivity index (χ4v) is 2.42. The average molecular weight is 311 g/mol. The van der Waals surface area contributed by atoms with Gasteiger partial charge in [-0.1, -0.05) is 17.6 Å². The molecule has 4 nitrogen and oxygen atoms in total. The van der Waals surface area contributed by atoms with Gasteiger partial charge in [-0.25, -0.2) is 4.98 Å². The zero-order chi connectivity index (χ0) is 14.2. The number of aromatic nitrogens is 1. The molecule has 0 spiro atoms. The number of ether oxygens (including phenoxy) is 2. The highest BCUT2D eigenvalue weighted by molar-refractivity contribution is 8.66. The van der Waals surface area contributed by atoms with Crippen molar-refractivity contribution in [3.8, 4) is 17.6 Å². The van der Waals surface area contributed by atoms with Crippen LogP contribution in [0.2, 0.25) is 0 Å². The van der Waals surface area contributed by atoms with Crippen molar-refractivity contribution >= 4 is 22.7 Å². The van der Waals surface area contributed by atoms with Gasteiger partial charge < -0.3 is 13.7 Å². The highest BCUT2D eigenvalue weighted by Crippen LogP contribution is 2.31. The number of rotatable bonds is 6. The Kier molecular flexibility index (Phi) is 6.54. The van der Waals surface area contributed by atoms with Crippen LogP contribution in [-0.2, 0) is 8.92 Å². The normalized spacial score (nSPS) is 20.7. The Labute approximate surface area is 128 Å². The van der Waals surface area contributed by atoms with Gasteiger partial charge in [0, 0.05) is 26.4 Å². The van der Waals surface area contributed by atoms with Crippen molar-refractivity contribution in [2.75, 3.05) is 13.7 Å². The maximum atomic E-state index is 5.78. The van der Waals surface area contributed by atoms with Gasteiger partial charge in [0.2, 0.25) is 0 Å². The van der Waals surface area contributed by atoms with E-state index in [0.29, 0.717) is 13.0 Å². The molecule has 1 saturated carbocycles. The summed E-state index contributed by atoms with van der Waals surface area (Å²) in [4.78, 5) is 4.26. The summed E-state index contributed by atoms with van der Waals surface area (Å²) >= 11 is 5.06. The first kappa shape index (κ1) is 15.5. The minimum absolute atomic E-state index is 0.209. The summed E-state index contributed by atoms with van der Waals surface area (Å²) in [5, 5.41) is 0. The minimum atomic E-state index is 0.209. The van der Waals surface area contributed by atoms with E-state index in [-0.39, 0.29) is 12.2 Å². The van der Waals surface area contributed by atoms with Crippen molar-refractivity contribution in [3.05, 3.63) is 24.0 Å². The highest BCUT2D eigenvalue weighted by Gasteiger charge is 2.32. The van der Waals surface area contributed by atoms with Crippen LogP contribution in [0.25, 0.3) is 0 Å². The first-order valence-electron chi connectivity index (χ1n) is 6.39. The quantitative estimate of drug-likeness (QED) is 0.288. The summed E-state index contributed by atoms with van der Waals surface area (Å²) in [7, 11) is 1.66. The van der Waals surface area contributed by atoms with Crippen LogP contribution in [0, 0.1) is 11.8 Å². The van der Waals surface area contributed by atoms with Crippen LogP contribution < -0.4 is 4.74 Å². The Morgan fingerprint density at radius 2 is 2.25 bits per heavy atom. The van der Waals surface area contributed by atoms with E-state index in [2.05, 4.69) is 28.5 Å². The van der Waals surface area contributed by atoms with Crippen molar-refractivity contribution in [3.63, 3.8) is 0 Å². The number of hydrogen-bond acceptors (Lipinski definition) is 6. The molecule has 0 amide bonds. The molecular formula is C14H17NO3S2. The molecule has 0 unspecified atom stereocenters. The fourth-order valence-electron chi connectivity index (χ4n) is 1.78. The predicted octanol–water partition coefficient (Wildman–Crippen LogP) is 2.89. The standard InChI is InChI=1S/C14H17NO3S2/c1-16-7-3-2-4-11-5-6-12(10-15-11)17-13-8-14(9-13)18-20-19/h5-6,10,13-14,19H,3,7-9H2,1H3. The van der Waals surface area contributed by atoms with Crippen LogP contribution in [0.5, 0.6) is 5.75 Å². The first-order valence-corrected chi connectivity index (χ1v) is 8.18. The molecule has 0 N–H and O–H groups in total. The molecule has 1 aromatic heterocycles.